The van der Waals surface area contributed by atoms with E-state index < -0.39 is 23.6 Å². The van der Waals surface area contributed by atoms with Gasteiger partial charge in [0.15, 0.2) is 0 Å². The Balaban J connectivity index is 1.92. The number of hydrogen-bond acceptors (Lipinski definition) is 7. The van der Waals surface area contributed by atoms with Crippen LogP contribution in [0.4, 0.5) is 27.5 Å². The van der Waals surface area contributed by atoms with Crippen molar-refractivity contribution in [1.82, 2.24) is 0 Å². The molecule has 0 aromatic heterocycles. The Morgan fingerprint density at radius 1 is 0.935 bits per heavy atom. The van der Waals surface area contributed by atoms with Gasteiger partial charge in [0, 0.05) is 23.5 Å². The molecule has 0 unspecified atom stereocenters. The lowest BCUT2D eigenvalue weighted by Gasteiger charge is -2.20. The maximum absolute atomic E-state index is 12.2. The minimum Gasteiger partial charge on any atom is -0.458 e. The third-order valence-corrected chi connectivity index (χ3v) is 3.61. The first-order chi connectivity index (χ1) is 14.5. The lowest BCUT2D eigenvalue weighted by molar-refractivity contribution is -0.139. The van der Waals surface area contributed by atoms with Crippen molar-refractivity contribution in [1.29, 1.82) is 0 Å². The second-order valence-corrected chi connectivity index (χ2v) is 7.61. The van der Waals surface area contributed by atoms with Gasteiger partial charge in [-0.1, -0.05) is 12.1 Å². The summed E-state index contributed by atoms with van der Waals surface area (Å²) in [5, 5.41) is 5.16. The molecule has 0 saturated heterocycles. The van der Waals surface area contributed by atoms with Crippen LogP contribution in [-0.4, -0.2) is 23.6 Å². The van der Waals surface area contributed by atoms with E-state index in [1.165, 1.54) is 0 Å². The topological polar surface area (TPSA) is 146 Å². The van der Waals surface area contributed by atoms with E-state index in [0.717, 1.165) is 12.2 Å². The molecule has 0 saturated carbocycles. The van der Waals surface area contributed by atoms with Crippen molar-refractivity contribution in [3.05, 3.63) is 60.2 Å². The minimum atomic E-state index is -0.712. The highest BCUT2D eigenvalue weighted by atomic mass is 16.6. The molecule has 0 radical (unpaired) electrons. The molecular formula is C22H26N4O5. The van der Waals surface area contributed by atoms with Crippen molar-refractivity contribution in [2.75, 3.05) is 22.1 Å². The van der Waals surface area contributed by atoms with E-state index in [1.54, 1.807) is 63.2 Å². The minimum absolute atomic E-state index is 0.0390. The highest BCUT2D eigenvalue weighted by molar-refractivity contribution is 6.05. The zero-order valence-corrected chi connectivity index (χ0v) is 17.6. The zero-order valence-electron chi connectivity index (χ0n) is 17.6. The summed E-state index contributed by atoms with van der Waals surface area (Å²) in [4.78, 5) is 36.0. The molecule has 0 bridgehead atoms. The number of hydrogen-bond donors (Lipinski definition) is 4. The van der Waals surface area contributed by atoms with Crippen LogP contribution in [-0.2, 0) is 25.7 Å². The average Bonchev–Trinajstić information content (AvgIpc) is 2.64. The lowest BCUT2D eigenvalue weighted by Crippen LogP contribution is -2.27. The molecule has 164 valence electrons. The van der Waals surface area contributed by atoms with Gasteiger partial charge in [0.05, 0.1) is 11.4 Å². The maximum Gasteiger partial charge on any atom is 0.412 e. The predicted octanol–water partition coefficient (Wildman–Crippen LogP) is 3.44. The number of nitrogens with two attached hydrogens (primary N) is 2. The number of nitrogens with one attached hydrogen (secondary N) is 2. The molecule has 2 rings (SSSR count). The first-order valence-electron chi connectivity index (χ1n) is 9.41. The number of anilines is 4. The van der Waals surface area contributed by atoms with Crippen LogP contribution in [0.3, 0.4) is 0 Å². The molecule has 0 aliphatic heterocycles. The van der Waals surface area contributed by atoms with Crippen LogP contribution in [0.15, 0.2) is 54.6 Å². The van der Waals surface area contributed by atoms with Gasteiger partial charge in [0.2, 0.25) is 5.91 Å². The van der Waals surface area contributed by atoms with Crippen molar-refractivity contribution >= 4 is 40.7 Å². The largest absolute Gasteiger partial charge is 0.458 e. The molecule has 9 nitrogen and oxygen atoms in total. The number of esters is 1. The highest BCUT2D eigenvalue weighted by Crippen LogP contribution is 2.22. The summed E-state index contributed by atoms with van der Waals surface area (Å²) in [6.07, 6.45) is 1.37. The lowest BCUT2D eigenvalue weighted by atomic mass is 10.2. The van der Waals surface area contributed by atoms with Gasteiger partial charge in [-0.3, -0.25) is 10.1 Å². The number of rotatable bonds is 6. The molecule has 2 amide bonds. The highest BCUT2D eigenvalue weighted by Gasteiger charge is 2.17. The fourth-order valence-corrected chi connectivity index (χ4v) is 2.46. The van der Waals surface area contributed by atoms with E-state index in [9.17, 15) is 14.4 Å². The van der Waals surface area contributed by atoms with Crippen molar-refractivity contribution in [3.8, 4) is 0 Å². The Morgan fingerprint density at radius 2 is 1.52 bits per heavy atom. The fourth-order valence-electron chi connectivity index (χ4n) is 2.46. The van der Waals surface area contributed by atoms with Crippen LogP contribution in [0.2, 0.25) is 0 Å². The van der Waals surface area contributed by atoms with Crippen molar-refractivity contribution < 1.29 is 23.9 Å². The van der Waals surface area contributed by atoms with E-state index in [1.807, 2.05) is 0 Å². The zero-order chi connectivity index (χ0) is 23.0. The van der Waals surface area contributed by atoms with Crippen molar-refractivity contribution in [2.24, 2.45) is 0 Å². The van der Waals surface area contributed by atoms with Gasteiger partial charge in [-0.05, 0) is 56.7 Å². The predicted molar refractivity (Wildman–Crippen MR) is 119 cm³/mol. The van der Waals surface area contributed by atoms with Gasteiger partial charge in [-0.25, -0.2) is 9.59 Å². The molecule has 9 heteroatoms. The Bertz CT molecular complexity index is 975. The summed E-state index contributed by atoms with van der Waals surface area (Å²) in [6, 6.07) is 11.4. The van der Waals surface area contributed by atoms with Gasteiger partial charge in [0.25, 0.3) is 0 Å². The van der Waals surface area contributed by atoms with Crippen LogP contribution in [0.25, 0.3) is 0 Å². The number of carbonyl (C=O) groups is 3. The van der Waals surface area contributed by atoms with Crippen LogP contribution in [0.1, 0.15) is 26.3 Å². The molecule has 0 aliphatic carbocycles. The SMILES string of the molecule is CC(C)(C)OC(=O)Nc1ccccc1NC(=O)/C=C\C(=O)OCc1cc(N)cc(N)c1. The fraction of sp³-hybridized carbons (Fsp3) is 0.227. The summed E-state index contributed by atoms with van der Waals surface area (Å²) >= 11 is 0. The quantitative estimate of drug-likeness (QED) is 0.314. The monoisotopic (exact) mass is 426 g/mol. The summed E-state index contributed by atoms with van der Waals surface area (Å²) in [6.45, 7) is 5.19. The maximum atomic E-state index is 12.2. The molecule has 2 aromatic rings. The number of amides is 2. The van der Waals surface area contributed by atoms with Crippen LogP contribution < -0.4 is 22.1 Å². The van der Waals surface area contributed by atoms with Crippen LogP contribution in [0, 0.1) is 0 Å². The number of carbonyl (C=O) groups excluding carboxylic acids is 3. The summed E-state index contributed by atoms with van der Waals surface area (Å²) in [7, 11) is 0. The molecule has 0 aliphatic rings. The van der Waals surface area contributed by atoms with E-state index in [0.29, 0.717) is 28.3 Å². The Hall–Kier alpha value is -4.01. The first-order valence-corrected chi connectivity index (χ1v) is 9.41. The van der Waals surface area contributed by atoms with Gasteiger partial charge >= 0.3 is 12.1 Å². The second-order valence-electron chi connectivity index (χ2n) is 7.61. The molecular weight excluding hydrogens is 400 g/mol. The van der Waals surface area contributed by atoms with E-state index >= 15 is 0 Å². The average molecular weight is 426 g/mol. The van der Waals surface area contributed by atoms with Gasteiger partial charge < -0.3 is 26.3 Å². The third-order valence-electron chi connectivity index (χ3n) is 3.61. The van der Waals surface area contributed by atoms with E-state index in [4.69, 9.17) is 20.9 Å². The molecule has 6 N–H and O–H groups in total. The Labute approximate surface area is 180 Å². The smallest absolute Gasteiger partial charge is 0.412 e. The summed E-state index contributed by atoms with van der Waals surface area (Å²) in [5.41, 5.74) is 12.9. The van der Waals surface area contributed by atoms with E-state index in [2.05, 4.69) is 10.6 Å². The molecule has 0 spiro atoms. The molecule has 2 aromatic carbocycles. The number of ether oxygens (including phenoxy) is 2. The summed E-state index contributed by atoms with van der Waals surface area (Å²) < 4.78 is 10.3. The van der Waals surface area contributed by atoms with Crippen molar-refractivity contribution in [2.45, 2.75) is 33.0 Å². The van der Waals surface area contributed by atoms with E-state index in [-0.39, 0.29) is 6.61 Å². The van der Waals surface area contributed by atoms with Crippen LogP contribution >= 0.6 is 0 Å². The molecule has 0 fully saturated rings. The number of nitrogen functional groups attached to an aromatic ring is 2. The van der Waals surface area contributed by atoms with Gasteiger partial charge in [0.1, 0.15) is 12.2 Å². The van der Waals surface area contributed by atoms with Gasteiger partial charge in [-0.2, -0.15) is 0 Å². The second kappa shape index (κ2) is 10.1. The van der Waals surface area contributed by atoms with Gasteiger partial charge in [-0.15, -0.1) is 0 Å². The Kier molecular flexibility index (Phi) is 7.62. The summed E-state index contributed by atoms with van der Waals surface area (Å²) in [5.74, 6) is -1.29. The standard InChI is InChI=1S/C22H26N4O5/c1-22(2,3)31-21(29)26-18-7-5-4-6-17(18)25-19(27)8-9-20(28)30-13-14-10-15(23)12-16(24)11-14/h4-12H,13,23-24H2,1-3H3,(H,25,27)(H,26,29)/b9-8-. The number of para-hydroxylation sites is 2. The van der Waals surface area contributed by atoms with Crippen molar-refractivity contribution in [3.63, 3.8) is 0 Å². The first kappa shape index (κ1) is 23.3. The third kappa shape index (κ3) is 8.48. The van der Waals surface area contributed by atoms with Crippen LogP contribution in [0.5, 0.6) is 0 Å². The molecule has 0 heterocycles. The number of benzene rings is 2. The molecule has 31 heavy (non-hydrogen) atoms. The Morgan fingerprint density at radius 3 is 2.10 bits per heavy atom. The molecule has 0 atom stereocenters. The normalized spacial score (nSPS) is 11.1.